The number of fused-ring (bicyclic) bond motifs is 2. The van der Waals surface area contributed by atoms with E-state index in [9.17, 15) is 9.90 Å². The zero-order valence-electron chi connectivity index (χ0n) is 22.6. The van der Waals surface area contributed by atoms with Gasteiger partial charge >= 0.3 is 6.01 Å². The molecule has 9 nitrogen and oxygen atoms in total. The fraction of sp³-hybridized carbons (Fsp3) is 0.433. The number of carbonyl (C=O) groups excluding carboxylic acids is 1. The van der Waals surface area contributed by atoms with Crippen LogP contribution in [0, 0.1) is 0 Å². The second kappa shape index (κ2) is 10.7. The highest BCUT2D eigenvalue weighted by molar-refractivity contribution is 5.95. The molecule has 0 bridgehead atoms. The van der Waals surface area contributed by atoms with E-state index in [0.29, 0.717) is 38.7 Å². The number of anilines is 2. The van der Waals surface area contributed by atoms with Crippen molar-refractivity contribution in [2.75, 3.05) is 62.7 Å². The van der Waals surface area contributed by atoms with Gasteiger partial charge in [-0.3, -0.25) is 4.79 Å². The second-order valence-corrected chi connectivity index (χ2v) is 10.7. The summed E-state index contributed by atoms with van der Waals surface area (Å²) >= 11 is 0. The van der Waals surface area contributed by atoms with Gasteiger partial charge < -0.3 is 29.4 Å². The number of nitrogens with zero attached hydrogens (tertiary/aromatic N) is 6. The molecule has 2 fully saturated rings. The molecule has 0 aliphatic carbocycles. The summed E-state index contributed by atoms with van der Waals surface area (Å²) in [4.78, 5) is 30.8. The Labute approximate surface area is 229 Å². The number of piperazine rings is 1. The normalized spacial score (nSPS) is 18.7. The van der Waals surface area contributed by atoms with Crippen LogP contribution >= 0.6 is 0 Å². The van der Waals surface area contributed by atoms with Crippen molar-refractivity contribution in [3.05, 3.63) is 60.3 Å². The van der Waals surface area contributed by atoms with Crippen molar-refractivity contribution in [1.82, 2.24) is 19.8 Å². The number of benzene rings is 2. The summed E-state index contributed by atoms with van der Waals surface area (Å²) < 4.78 is 6.40. The lowest BCUT2D eigenvalue weighted by molar-refractivity contribution is -0.126. The maximum absolute atomic E-state index is 12.1. The third-order valence-corrected chi connectivity index (χ3v) is 8.19. The van der Waals surface area contributed by atoms with E-state index in [1.165, 1.54) is 6.08 Å². The van der Waals surface area contributed by atoms with Crippen LogP contribution < -0.4 is 14.5 Å². The van der Waals surface area contributed by atoms with Gasteiger partial charge in [-0.1, -0.05) is 30.8 Å². The monoisotopic (exact) mass is 528 g/mol. The first-order chi connectivity index (χ1) is 19.0. The zero-order chi connectivity index (χ0) is 26.9. The van der Waals surface area contributed by atoms with Crippen LogP contribution in [0.3, 0.4) is 0 Å². The van der Waals surface area contributed by atoms with Gasteiger partial charge in [-0.2, -0.15) is 9.97 Å². The third-order valence-electron chi connectivity index (χ3n) is 8.19. The van der Waals surface area contributed by atoms with Gasteiger partial charge in [0.2, 0.25) is 5.91 Å². The summed E-state index contributed by atoms with van der Waals surface area (Å²) in [5.41, 5.74) is 3.12. The number of aromatic hydroxyl groups is 1. The topological polar surface area (TPSA) is 85.3 Å². The predicted molar refractivity (Wildman–Crippen MR) is 153 cm³/mol. The molecule has 9 heteroatoms. The maximum Gasteiger partial charge on any atom is 0.318 e. The van der Waals surface area contributed by atoms with Crippen molar-refractivity contribution in [2.24, 2.45) is 0 Å². The van der Waals surface area contributed by atoms with Crippen LogP contribution in [0.2, 0.25) is 0 Å². The molecule has 3 aliphatic rings. The van der Waals surface area contributed by atoms with Gasteiger partial charge in [0, 0.05) is 68.5 Å². The van der Waals surface area contributed by atoms with E-state index in [1.54, 1.807) is 6.07 Å². The minimum atomic E-state index is -0.0281. The number of hydrogen-bond acceptors (Lipinski definition) is 8. The molecule has 4 heterocycles. The lowest BCUT2D eigenvalue weighted by Gasteiger charge is -2.38. The van der Waals surface area contributed by atoms with E-state index in [1.807, 2.05) is 29.2 Å². The number of piperidine rings is 1. The highest BCUT2D eigenvalue weighted by Gasteiger charge is 2.30. The smallest absolute Gasteiger partial charge is 0.318 e. The minimum absolute atomic E-state index is 0.0281. The molecule has 0 atom stereocenters. The summed E-state index contributed by atoms with van der Waals surface area (Å²) in [5.74, 6) is 1.16. The second-order valence-electron chi connectivity index (χ2n) is 10.7. The standard InChI is InChI=1S/C30H36N6O3/c1-3-28(38)34-14-16-35(17-15-34)29-25-10-13-36(27-19-22(37)18-21-6-4-5-7-24(21)27)20-26(25)31-30(32-29)39-23-8-11-33(2)12-9-23/h3-7,18-19,23,37H,1,8-17,20H2,2H3. The van der Waals surface area contributed by atoms with Gasteiger partial charge in [0.15, 0.2) is 0 Å². The fourth-order valence-electron chi connectivity index (χ4n) is 5.96. The number of phenols is 1. The molecular formula is C30H36N6O3. The first-order valence-electron chi connectivity index (χ1n) is 13.9. The molecular weight excluding hydrogens is 492 g/mol. The average Bonchev–Trinajstić information content (AvgIpc) is 2.97. The minimum Gasteiger partial charge on any atom is -0.508 e. The molecule has 0 spiro atoms. The van der Waals surface area contributed by atoms with Gasteiger partial charge in [0.1, 0.15) is 17.7 Å². The summed E-state index contributed by atoms with van der Waals surface area (Å²) in [6, 6.07) is 12.2. The summed E-state index contributed by atoms with van der Waals surface area (Å²) in [6.45, 7) is 9.72. The van der Waals surface area contributed by atoms with Crippen molar-refractivity contribution in [2.45, 2.75) is 31.9 Å². The molecule has 6 rings (SSSR count). The largest absolute Gasteiger partial charge is 0.508 e. The number of likely N-dealkylation sites (tertiary alicyclic amines) is 1. The average molecular weight is 529 g/mol. The van der Waals surface area contributed by atoms with Crippen LogP contribution in [0.25, 0.3) is 10.8 Å². The van der Waals surface area contributed by atoms with Gasteiger partial charge in [0.05, 0.1) is 12.2 Å². The molecule has 1 aromatic heterocycles. The fourth-order valence-corrected chi connectivity index (χ4v) is 5.96. The maximum atomic E-state index is 12.1. The molecule has 39 heavy (non-hydrogen) atoms. The Morgan fingerprint density at radius 1 is 1.03 bits per heavy atom. The van der Waals surface area contributed by atoms with Crippen molar-refractivity contribution < 1.29 is 14.6 Å². The predicted octanol–water partition coefficient (Wildman–Crippen LogP) is 3.21. The number of ether oxygens (including phenoxy) is 1. The van der Waals surface area contributed by atoms with Gasteiger partial charge in [0.25, 0.3) is 0 Å². The summed E-state index contributed by atoms with van der Waals surface area (Å²) in [6.07, 6.45) is 4.18. The molecule has 204 valence electrons. The van der Waals surface area contributed by atoms with Crippen LogP contribution in [0.4, 0.5) is 11.5 Å². The Morgan fingerprint density at radius 2 is 1.79 bits per heavy atom. The number of carbonyl (C=O) groups is 1. The molecule has 0 radical (unpaired) electrons. The number of phenolic OH excluding ortho intramolecular Hbond substituents is 1. The first-order valence-corrected chi connectivity index (χ1v) is 13.9. The number of aromatic nitrogens is 2. The van der Waals surface area contributed by atoms with Crippen LogP contribution in [0.15, 0.2) is 49.1 Å². The Balaban J connectivity index is 1.32. The molecule has 2 aromatic carbocycles. The first kappa shape index (κ1) is 25.4. The van der Waals surface area contributed by atoms with Crippen LogP contribution in [-0.2, 0) is 17.8 Å². The van der Waals surface area contributed by atoms with Crippen molar-refractivity contribution >= 4 is 28.2 Å². The Hall–Kier alpha value is -3.85. The molecule has 1 N–H and O–H groups in total. The van der Waals surface area contributed by atoms with Crippen LogP contribution in [0.1, 0.15) is 24.1 Å². The van der Waals surface area contributed by atoms with E-state index < -0.39 is 0 Å². The number of amides is 1. The molecule has 3 aliphatic heterocycles. The van der Waals surface area contributed by atoms with E-state index in [2.05, 4.69) is 34.4 Å². The third kappa shape index (κ3) is 5.23. The lowest BCUT2D eigenvalue weighted by atomic mass is 10.0. The van der Waals surface area contributed by atoms with Crippen molar-refractivity contribution in [1.29, 1.82) is 0 Å². The van der Waals surface area contributed by atoms with E-state index in [4.69, 9.17) is 14.7 Å². The highest BCUT2D eigenvalue weighted by atomic mass is 16.5. The summed E-state index contributed by atoms with van der Waals surface area (Å²) in [7, 11) is 2.14. The molecule has 0 saturated carbocycles. The Morgan fingerprint density at radius 3 is 2.56 bits per heavy atom. The Bertz CT molecular complexity index is 1380. The number of hydrogen-bond donors (Lipinski definition) is 1. The van der Waals surface area contributed by atoms with Gasteiger partial charge in [-0.05, 0) is 43.8 Å². The SMILES string of the molecule is C=CC(=O)N1CCN(c2nc(OC3CCN(C)CC3)nc3c2CCN(c2cc(O)cc4ccccc24)C3)CC1. The molecule has 1 amide bonds. The van der Waals surface area contributed by atoms with E-state index in [0.717, 1.165) is 72.4 Å². The zero-order valence-corrected chi connectivity index (χ0v) is 22.6. The van der Waals surface area contributed by atoms with Crippen molar-refractivity contribution in [3.63, 3.8) is 0 Å². The molecule has 3 aromatic rings. The quantitative estimate of drug-likeness (QED) is 0.506. The number of rotatable bonds is 5. The van der Waals surface area contributed by atoms with Gasteiger partial charge in [-0.15, -0.1) is 0 Å². The van der Waals surface area contributed by atoms with Crippen molar-refractivity contribution in [3.8, 4) is 11.8 Å². The lowest BCUT2D eigenvalue weighted by Crippen LogP contribution is -2.49. The van der Waals surface area contributed by atoms with E-state index >= 15 is 0 Å². The van der Waals surface area contributed by atoms with Crippen LogP contribution in [0.5, 0.6) is 11.8 Å². The van der Waals surface area contributed by atoms with E-state index in [-0.39, 0.29) is 17.8 Å². The highest BCUT2D eigenvalue weighted by Crippen LogP contribution is 2.36. The summed E-state index contributed by atoms with van der Waals surface area (Å²) in [5, 5.41) is 12.6. The van der Waals surface area contributed by atoms with Crippen LogP contribution in [-0.4, -0.2) is 89.7 Å². The molecule has 0 unspecified atom stereocenters. The molecule has 2 saturated heterocycles. The Kier molecular flexibility index (Phi) is 6.99. The van der Waals surface area contributed by atoms with Gasteiger partial charge in [-0.25, -0.2) is 0 Å².